The normalized spacial score (nSPS) is 29.6. The molecule has 2 fully saturated rings. The van der Waals surface area contributed by atoms with Crippen molar-refractivity contribution in [3.63, 3.8) is 0 Å². The van der Waals surface area contributed by atoms with Crippen molar-refractivity contribution in [3.8, 4) is 0 Å². The quantitative estimate of drug-likeness (QED) is 0.741. The van der Waals surface area contributed by atoms with E-state index in [0.717, 1.165) is 6.42 Å². The lowest BCUT2D eigenvalue weighted by Gasteiger charge is -2.34. The molecule has 1 saturated heterocycles. The Kier molecular flexibility index (Phi) is 4.22. The highest BCUT2D eigenvalue weighted by atomic mass is 32.1. The lowest BCUT2D eigenvalue weighted by atomic mass is 9.79. The summed E-state index contributed by atoms with van der Waals surface area (Å²) in [5, 5.41) is 3.12. The van der Waals surface area contributed by atoms with E-state index < -0.39 is 5.41 Å². The van der Waals surface area contributed by atoms with Crippen molar-refractivity contribution < 1.29 is 9.53 Å². The molecule has 2 atom stereocenters. The van der Waals surface area contributed by atoms with Crippen LogP contribution < -0.4 is 11.1 Å². The molecule has 1 aliphatic heterocycles. The fourth-order valence-electron chi connectivity index (χ4n) is 2.73. The zero-order valence-electron chi connectivity index (χ0n) is 10.9. The highest BCUT2D eigenvalue weighted by Crippen LogP contribution is 2.37. The van der Waals surface area contributed by atoms with E-state index in [0.29, 0.717) is 43.0 Å². The van der Waals surface area contributed by atoms with Crippen LogP contribution in [0.2, 0.25) is 0 Å². The minimum Gasteiger partial charge on any atom is -0.392 e. The number of nitrogens with two attached hydrogens (primary N) is 1. The van der Waals surface area contributed by atoms with Crippen LogP contribution in [0.4, 0.5) is 0 Å². The number of hydrogen-bond acceptors (Lipinski definition) is 3. The predicted molar refractivity (Wildman–Crippen MR) is 74.2 cm³/mol. The fourth-order valence-corrected chi connectivity index (χ4v) is 3.02. The minimum absolute atomic E-state index is 0.0157. The van der Waals surface area contributed by atoms with Crippen molar-refractivity contribution >= 4 is 23.1 Å². The molecule has 2 aliphatic rings. The van der Waals surface area contributed by atoms with Gasteiger partial charge in [0.2, 0.25) is 5.91 Å². The number of nitrogens with one attached hydrogen (secondary N) is 1. The largest absolute Gasteiger partial charge is 0.392 e. The van der Waals surface area contributed by atoms with E-state index in [4.69, 9.17) is 22.7 Å². The molecule has 2 rings (SSSR count). The molecule has 5 heteroatoms. The third kappa shape index (κ3) is 2.67. The molecule has 18 heavy (non-hydrogen) atoms. The molecular formula is C13H22N2O2S. The Labute approximate surface area is 114 Å². The first-order valence-corrected chi connectivity index (χ1v) is 7.19. The Morgan fingerprint density at radius 3 is 2.72 bits per heavy atom. The van der Waals surface area contributed by atoms with Crippen LogP contribution in [0.25, 0.3) is 0 Å². The summed E-state index contributed by atoms with van der Waals surface area (Å²) < 4.78 is 5.31. The Bertz CT molecular complexity index is 340. The zero-order chi connectivity index (χ0) is 13.2. The molecule has 0 radical (unpaired) electrons. The van der Waals surface area contributed by atoms with Gasteiger partial charge in [0.05, 0.1) is 4.99 Å². The maximum atomic E-state index is 12.4. The lowest BCUT2D eigenvalue weighted by molar-refractivity contribution is -0.131. The summed E-state index contributed by atoms with van der Waals surface area (Å²) in [5.74, 6) is 0.670. The van der Waals surface area contributed by atoms with Gasteiger partial charge in [0.25, 0.3) is 0 Å². The number of carbonyl (C=O) groups is 1. The van der Waals surface area contributed by atoms with E-state index in [-0.39, 0.29) is 5.91 Å². The Balaban J connectivity index is 1.95. The van der Waals surface area contributed by atoms with Crippen LogP contribution in [-0.4, -0.2) is 30.2 Å². The van der Waals surface area contributed by atoms with E-state index in [1.165, 1.54) is 12.8 Å². The van der Waals surface area contributed by atoms with Gasteiger partial charge in [-0.15, -0.1) is 0 Å². The van der Waals surface area contributed by atoms with E-state index in [1.807, 2.05) is 0 Å². The zero-order valence-corrected chi connectivity index (χ0v) is 11.7. The summed E-state index contributed by atoms with van der Waals surface area (Å²) >= 11 is 5.12. The number of rotatable bonds is 5. The van der Waals surface area contributed by atoms with Crippen LogP contribution in [0.5, 0.6) is 0 Å². The first-order valence-electron chi connectivity index (χ1n) is 6.79. The number of thiocarbonyl (C=S) groups is 1. The van der Waals surface area contributed by atoms with Gasteiger partial charge in [-0.3, -0.25) is 4.79 Å². The standard InChI is InChI=1S/C13H22N2O2S/c1-2-3-9-8-10(9)15-12(16)13(11(14)18)4-6-17-7-5-13/h9-10H,2-8H2,1H3,(H2,14,18)(H,15,16). The number of ether oxygens (including phenoxy) is 1. The molecule has 3 N–H and O–H groups in total. The SMILES string of the molecule is CCCC1CC1NC(=O)C1(C(N)=S)CCOCC1. The second-order valence-electron chi connectivity index (χ2n) is 5.42. The Hall–Kier alpha value is -0.680. The predicted octanol–water partition coefficient (Wildman–Crippen LogP) is 1.37. The molecule has 0 bridgehead atoms. The van der Waals surface area contributed by atoms with Gasteiger partial charge in [0.1, 0.15) is 5.41 Å². The van der Waals surface area contributed by atoms with Crippen molar-refractivity contribution in [3.05, 3.63) is 0 Å². The summed E-state index contributed by atoms with van der Waals surface area (Å²) in [6.45, 7) is 3.30. The molecule has 1 amide bonds. The summed E-state index contributed by atoms with van der Waals surface area (Å²) in [6, 6.07) is 0.339. The van der Waals surface area contributed by atoms with Gasteiger partial charge < -0.3 is 15.8 Å². The number of carbonyl (C=O) groups excluding carboxylic acids is 1. The molecular weight excluding hydrogens is 248 g/mol. The molecule has 0 spiro atoms. The molecule has 1 aliphatic carbocycles. The van der Waals surface area contributed by atoms with Crippen LogP contribution in [0.15, 0.2) is 0 Å². The number of amides is 1. The molecule has 102 valence electrons. The average molecular weight is 270 g/mol. The molecule has 4 nitrogen and oxygen atoms in total. The number of hydrogen-bond donors (Lipinski definition) is 2. The average Bonchev–Trinajstić information content (AvgIpc) is 3.08. The fraction of sp³-hybridized carbons (Fsp3) is 0.846. The van der Waals surface area contributed by atoms with Gasteiger partial charge in [0, 0.05) is 19.3 Å². The highest BCUT2D eigenvalue weighted by Gasteiger charge is 2.46. The lowest BCUT2D eigenvalue weighted by Crippen LogP contribution is -2.52. The summed E-state index contributed by atoms with van der Waals surface area (Å²) in [6.07, 6.45) is 4.68. The van der Waals surface area contributed by atoms with E-state index in [1.54, 1.807) is 0 Å². The van der Waals surface area contributed by atoms with Gasteiger partial charge in [0.15, 0.2) is 0 Å². The topological polar surface area (TPSA) is 64.4 Å². The van der Waals surface area contributed by atoms with E-state index >= 15 is 0 Å². The van der Waals surface area contributed by atoms with Gasteiger partial charge in [-0.1, -0.05) is 25.6 Å². The van der Waals surface area contributed by atoms with Gasteiger partial charge in [-0.25, -0.2) is 0 Å². The van der Waals surface area contributed by atoms with Crippen LogP contribution in [-0.2, 0) is 9.53 Å². The van der Waals surface area contributed by atoms with E-state index in [2.05, 4.69) is 12.2 Å². The van der Waals surface area contributed by atoms with Crippen molar-refractivity contribution in [1.29, 1.82) is 0 Å². The maximum absolute atomic E-state index is 12.4. The minimum atomic E-state index is -0.674. The summed E-state index contributed by atoms with van der Waals surface area (Å²) in [7, 11) is 0. The summed E-state index contributed by atoms with van der Waals surface area (Å²) in [5.41, 5.74) is 5.13. The third-order valence-corrected chi connectivity index (χ3v) is 4.54. The molecule has 1 heterocycles. The van der Waals surface area contributed by atoms with Gasteiger partial charge in [-0.2, -0.15) is 0 Å². The van der Waals surface area contributed by atoms with Crippen molar-refractivity contribution in [2.24, 2.45) is 17.1 Å². The Morgan fingerprint density at radius 1 is 1.50 bits per heavy atom. The van der Waals surface area contributed by atoms with Gasteiger partial charge >= 0.3 is 0 Å². The molecule has 1 saturated carbocycles. The molecule has 0 aromatic rings. The smallest absolute Gasteiger partial charge is 0.233 e. The van der Waals surface area contributed by atoms with Crippen molar-refractivity contribution in [2.75, 3.05) is 13.2 Å². The molecule has 2 unspecified atom stereocenters. The first kappa shape index (κ1) is 13.7. The monoisotopic (exact) mass is 270 g/mol. The van der Waals surface area contributed by atoms with Crippen molar-refractivity contribution in [1.82, 2.24) is 5.32 Å². The summed E-state index contributed by atoms with van der Waals surface area (Å²) in [4.78, 5) is 12.7. The molecule has 0 aromatic heterocycles. The van der Waals surface area contributed by atoms with Crippen LogP contribution in [0, 0.1) is 11.3 Å². The van der Waals surface area contributed by atoms with Gasteiger partial charge in [-0.05, 0) is 31.6 Å². The highest BCUT2D eigenvalue weighted by molar-refractivity contribution is 7.80. The maximum Gasteiger partial charge on any atom is 0.233 e. The van der Waals surface area contributed by atoms with Crippen LogP contribution in [0.3, 0.4) is 0 Å². The first-order chi connectivity index (χ1) is 8.60. The van der Waals surface area contributed by atoms with Crippen LogP contribution >= 0.6 is 12.2 Å². The third-order valence-electron chi connectivity index (χ3n) is 4.15. The van der Waals surface area contributed by atoms with Crippen molar-refractivity contribution in [2.45, 2.75) is 45.1 Å². The Morgan fingerprint density at radius 2 is 2.17 bits per heavy atom. The van der Waals surface area contributed by atoms with Crippen LogP contribution in [0.1, 0.15) is 39.0 Å². The second-order valence-corrected chi connectivity index (χ2v) is 5.86. The second kappa shape index (κ2) is 5.53. The molecule has 0 aromatic carbocycles. The van der Waals surface area contributed by atoms with E-state index in [9.17, 15) is 4.79 Å².